The zero-order chi connectivity index (χ0) is 21.9. The van der Waals surface area contributed by atoms with Crippen LogP contribution in [0.4, 0.5) is 0 Å². The molecule has 0 unspecified atom stereocenters. The summed E-state index contributed by atoms with van der Waals surface area (Å²) in [4.78, 5) is 19.1. The Bertz CT molecular complexity index is 958. The van der Waals surface area contributed by atoms with Gasteiger partial charge in [0.05, 0.1) is 0 Å². The molecule has 0 radical (unpaired) electrons. The Balaban J connectivity index is 1.65. The molecule has 3 rings (SSSR count). The summed E-state index contributed by atoms with van der Waals surface area (Å²) < 4.78 is 28.2. The molecule has 0 aliphatic carbocycles. The van der Waals surface area contributed by atoms with E-state index in [1.165, 1.54) is 25.5 Å². The minimum atomic E-state index is -3.46. The van der Waals surface area contributed by atoms with Gasteiger partial charge in [0.15, 0.2) is 0 Å². The van der Waals surface area contributed by atoms with Crippen LogP contribution in [0, 0.1) is 0 Å². The van der Waals surface area contributed by atoms with Gasteiger partial charge in [0.2, 0.25) is 0 Å². The summed E-state index contributed by atoms with van der Waals surface area (Å²) in [7, 11) is -3.46. The molecular formula is C21H30N4O3S2. The number of carbonyl (C=O) groups excluding carboxylic acids is 1. The first kappa shape index (κ1) is 22.9. The van der Waals surface area contributed by atoms with E-state index in [0.29, 0.717) is 50.9 Å². The molecule has 1 aliphatic heterocycles. The smallest absolute Gasteiger partial charge is 0.282 e. The van der Waals surface area contributed by atoms with Crippen molar-refractivity contribution in [2.75, 3.05) is 39.3 Å². The first-order chi connectivity index (χ1) is 14.3. The van der Waals surface area contributed by atoms with Crippen molar-refractivity contribution >= 4 is 27.5 Å². The number of nitrogens with zero attached hydrogens (tertiary/aromatic N) is 4. The molecule has 2 heterocycles. The van der Waals surface area contributed by atoms with Crippen LogP contribution >= 0.6 is 11.3 Å². The Morgan fingerprint density at radius 2 is 1.70 bits per heavy atom. The zero-order valence-electron chi connectivity index (χ0n) is 18.0. The van der Waals surface area contributed by atoms with Gasteiger partial charge < -0.3 is 4.90 Å². The average molecular weight is 451 g/mol. The van der Waals surface area contributed by atoms with Gasteiger partial charge >= 0.3 is 0 Å². The number of benzene rings is 1. The second-order valence-electron chi connectivity index (χ2n) is 7.60. The summed E-state index contributed by atoms with van der Waals surface area (Å²) in [6.45, 7) is 10.2. The molecule has 1 amide bonds. The number of thiazole rings is 1. The van der Waals surface area contributed by atoms with Gasteiger partial charge in [0.25, 0.3) is 16.1 Å². The molecule has 0 bridgehead atoms. The largest absolute Gasteiger partial charge is 0.335 e. The molecule has 0 atom stereocenters. The molecule has 1 saturated heterocycles. The maximum Gasteiger partial charge on any atom is 0.282 e. The van der Waals surface area contributed by atoms with Crippen LogP contribution in [0.15, 0.2) is 29.6 Å². The first-order valence-electron chi connectivity index (χ1n) is 10.4. The summed E-state index contributed by atoms with van der Waals surface area (Å²) in [5.74, 6) is 0.327. The molecule has 30 heavy (non-hydrogen) atoms. The fourth-order valence-corrected chi connectivity index (χ4v) is 5.92. The third kappa shape index (κ3) is 4.74. The summed E-state index contributed by atoms with van der Waals surface area (Å²) in [6, 6.07) is 8.27. The number of hydrogen-bond acceptors (Lipinski definition) is 5. The number of aromatic nitrogens is 1. The maximum absolute atomic E-state index is 12.9. The van der Waals surface area contributed by atoms with E-state index in [1.807, 2.05) is 26.0 Å². The van der Waals surface area contributed by atoms with E-state index >= 15 is 0 Å². The van der Waals surface area contributed by atoms with Crippen LogP contribution in [0.2, 0.25) is 0 Å². The molecule has 1 aliphatic rings. The van der Waals surface area contributed by atoms with Gasteiger partial charge in [-0.05, 0) is 11.5 Å². The van der Waals surface area contributed by atoms with E-state index in [-0.39, 0.29) is 5.91 Å². The molecule has 1 aromatic heterocycles. The van der Waals surface area contributed by atoms with Crippen molar-refractivity contribution in [1.29, 1.82) is 0 Å². The van der Waals surface area contributed by atoms with Crippen LogP contribution in [0.1, 0.15) is 49.7 Å². The zero-order valence-corrected chi connectivity index (χ0v) is 19.7. The highest BCUT2D eigenvalue weighted by Gasteiger charge is 2.32. The number of carbonyl (C=O) groups is 1. The van der Waals surface area contributed by atoms with E-state index in [2.05, 4.69) is 31.0 Å². The number of rotatable bonds is 7. The standard InChI is InChI=1S/C21H30N4O3S2/c1-5-24(6-2)30(27,28)25-13-11-23(12-14-25)21(26)19-15-29-20(22-19)18-9-7-17(8-10-18)16(3)4/h7-10,15-16H,5-6,11-14H2,1-4H3. The van der Waals surface area contributed by atoms with E-state index < -0.39 is 10.2 Å². The van der Waals surface area contributed by atoms with Crippen molar-refractivity contribution < 1.29 is 13.2 Å². The number of piperazine rings is 1. The van der Waals surface area contributed by atoms with Gasteiger partial charge in [0.1, 0.15) is 10.7 Å². The number of amides is 1. The highest BCUT2D eigenvalue weighted by molar-refractivity contribution is 7.86. The summed E-state index contributed by atoms with van der Waals surface area (Å²) in [5, 5.41) is 2.60. The molecule has 2 aromatic rings. The maximum atomic E-state index is 12.9. The normalized spacial score (nSPS) is 15.9. The molecule has 9 heteroatoms. The Kier molecular flexibility index (Phi) is 7.28. The average Bonchev–Trinajstić information content (AvgIpc) is 3.24. The van der Waals surface area contributed by atoms with Crippen molar-refractivity contribution in [3.05, 3.63) is 40.9 Å². The highest BCUT2D eigenvalue weighted by atomic mass is 32.2. The van der Waals surface area contributed by atoms with Gasteiger partial charge in [0, 0.05) is 50.2 Å². The summed E-state index contributed by atoms with van der Waals surface area (Å²) in [6.07, 6.45) is 0. The van der Waals surface area contributed by atoms with E-state index in [0.717, 1.165) is 10.6 Å². The highest BCUT2D eigenvalue weighted by Crippen LogP contribution is 2.26. The Hall–Kier alpha value is -1.81. The molecule has 0 saturated carbocycles. The summed E-state index contributed by atoms with van der Waals surface area (Å²) in [5.41, 5.74) is 2.69. The Labute approximate surface area is 183 Å². The van der Waals surface area contributed by atoms with Crippen LogP contribution in [-0.2, 0) is 10.2 Å². The summed E-state index contributed by atoms with van der Waals surface area (Å²) >= 11 is 1.45. The van der Waals surface area contributed by atoms with E-state index in [4.69, 9.17) is 0 Å². The molecular weight excluding hydrogens is 420 g/mol. The van der Waals surface area contributed by atoms with E-state index in [1.54, 1.807) is 10.3 Å². The quantitative estimate of drug-likeness (QED) is 0.649. The van der Waals surface area contributed by atoms with Crippen molar-refractivity contribution in [2.24, 2.45) is 0 Å². The van der Waals surface area contributed by atoms with Crippen LogP contribution < -0.4 is 0 Å². The van der Waals surface area contributed by atoms with Crippen molar-refractivity contribution in [1.82, 2.24) is 18.5 Å². The third-order valence-electron chi connectivity index (χ3n) is 5.43. The third-order valence-corrected chi connectivity index (χ3v) is 8.51. The van der Waals surface area contributed by atoms with Gasteiger partial charge in [-0.3, -0.25) is 4.79 Å². The predicted octanol–water partition coefficient (Wildman–Crippen LogP) is 3.28. The first-order valence-corrected chi connectivity index (χ1v) is 12.7. The minimum absolute atomic E-state index is 0.142. The van der Waals surface area contributed by atoms with Crippen LogP contribution in [0.25, 0.3) is 10.6 Å². The number of hydrogen-bond donors (Lipinski definition) is 0. The van der Waals surface area contributed by atoms with Crippen LogP contribution in [0.3, 0.4) is 0 Å². The van der Waals surface area contributed by atoms with Crippen LogP contribution in [0.5, 0.6) is 0 Å². The Morgan fingerprint density at radius 1 is 1.10 bits per heavy atom. The second kappa shape index (κ2) is 9.55. The lowest BCUT2D eigenvalue weighted by Crippen LogP contribution is -2.54. The molecule has 0 spiro atoms. The van der Waals surface area contributed by atoms with Crippen molar-refractivity contribution in [2.45, 2.75) is 33.6 Å². The van der Waals surface area contributed by atoms with Gasteiger partial charge in [-0.2, -0.15) is 17.0 Å². The Morgan fingerprint density at radius 3 is 2.23 bits per heavy atom. The lowest BCUT2D eigenvalue weighted by Gasteiger charge is -2.36. The van der Waals surface area contributed by atoms with Crippen molar-refractivity contribution in [3.63, 3.8) is 0 Å². The van der Waals surface area contributed by atoms with Crippen LogP contribution in [-0.4, -0.2) is 72.1 Å². The molecule has 7 nitrogen and oxygen atoms in total. The van der Waals surface area contributed by atoms with Gasteiger partial charge in [-0.15, -0.1) is 11.3 Å². The molecule has 1 aromatic carbocycles. The van der Waals surface area contributed by atoms with E-state index in [9.17, 15) is 13.2 Å². The molecule has 164 valence electrons. The lowest BCUT2D eigenvalue weighted by atomic mass is 10.0. The second-order valence-corrected chi connectivity index (χ2v) is 10.4. The fraction of sp³-hybridized carbons (Fsp3) is 0.524. The predicted molar refractivity (Wildman–Crippen MR) is 121 cm³/mol. The monoisotopic (exact) mass is 450 g/mol. The van der Waals surface area contributed by atoms with Crippen molar-refractivity contribution in [3.8, 4) is 10.6 Å². The molecule has 1 fully saturated rings. The minimum Gasteiger partial charge on any atom is -0.335 e. The molecule has 0 N–H and O–H groups in total. The van der Waals surface area contributed by atoms with Gasteiger partial charge in [-0.25, -0.2) is 4.98 Å². The fourth-order valence-electron chi connectivity index (χ4n) is 3.51. The topological polar surface area (TPSA) is 73.8 Å². The van der Waals surface area contributed by atoms with Gasteiger partial charge in [-0.1, -0.05) is 52.0 Å². The SMILES string of the molecule is CCN(CC)S(=O)(=O)N1CCN(C(=O)c2csc(-c3ccc(C(C)C)cc3)n2)CC1. The lowest BCUT2D eigenvalue weighted by molar-refractivity contribution is 0.0689.